The average Bonchev–Trinajstić information content (AvgIpc) is 3.14. The predicted octanol–water partition coefficient (Wildman–Crippen LogP) is 5.59. The molecule has 4 rings (SSSR count). The van der Waals surface area contributed by atoms with Crippen molar-refractivity contribution in [3.8, 4) is 0 Å². The first-order valence-electron chi connectivity index (χ1n) is 8.34. The number of halogens is 1. The molecule has 4 aromatic rings. The van der Waals surface area contributed by atoms with Gasteiger partial charge >= 0.3 is 0 Å². The van der Waals surface area contributed by atoms with Gasteiger partial charge in [0.2, 0.25) is 0 Å². The maximum atomic E-state index is 13.0. The maximum absolute atomic E-state index is 13.0. The number of anilines is 1. The normalized spacial score (nSPS) is 11.5. The zero-order chi connectivity index (χ0) is 19.7. The van der Waals surface area contributed by atoms with Gasteiger partial charge in [-0.2, -0.15) is 0 Å². The van der Waals surface area contributed by atoms with E-state index in [2.05, 4.69) is 4.72 Å². The average molecular weight is 428 g/mol. The molecule has 7 heteroatoms. The minimum atomic E-state index is -3.88. The van der Waals surface area contributed by atoms with Gasteiger partial charge in [-0.05, 0) is 24.3 Å². The van der Waals surface area contributed by atoms with E-state index in [1.54, 1.807) is 53.9 Å². The molecule has 0 radical (unpaired) electrons. The Kier molecular flexibility index (Phi) is 4.93. The molecule has 0 aliphatic rings. The third-order valence-corrected chi connectivity index (χ3v) is 6.99. The molecular weight excluding hydrogens is 414 g/mol. The molecule has 0 saturated carbocycles. The van der Waals surface area contributed by atoms with Gasteiger partial charge in [-0.25, -0.2) is 8.42 Å². The summed E-state index contributed by atoms with van der Waals surface area (Å²) in [5.41, 5.74) is 0.835. The minimum Gasteiger partial charge on any atom is -0.289 e. The molecule has 140 valence electrons. The van der Waals surface area contributed by atoms with E-state index in [9.17, 15) is 13.2 Å². The molecule has 4 nitrogen and oxygen atoms in total. The number of carbonyl (C=O) groups is 1. The van der Waals surface area contributed by atoms with Crippen LogP contribution in [0, 0.1) is 0 Å². The highest BCUT2D eigenvalue weighted by Gasteiger charge is 2.22. The van der Waals surface area contributed by atoms with Crippen LogP contribution in [0.15, 0.2) is 83.1 Å². The number of thiophene rings is 1. The van der Waals surface area contributed by atoms with Crippen LogP contribution in [0.4, 0.5) is 5.69 Å². The third kappa shape index (κ3) is 3.54. The van der Waals surface area contributed by atoms with E-state index in [0.717, 1.165) is 4.70 Å². The summed E-state index contributed by atoms with van der Waals surface area (Å²) in [5.74, 6) is -0.309. The van der Waals surface area contributed by atoms with Crippen LogP contribution in [0.5, 0.6) is 0 Å². The summed E-state index contributed by atoms with van der Waals surface area (Å²) < 4.78 is 29.5. The Labute approximate surface area is 171 Å². The van der Waals surface area contributed by atoms with Crippen molar-refractivity contribution in [1.29, 1.82) is 0 Å². The van der Waals surface area contributed by atoms with E-state index >= 15 is 0 Å². The number of carbonyl (C=O) groups excluding carboxylic acids is 1. The largest absolute Gasteiger partial charge is 0.289 e. The molecule has 0 unspecified atom stereocenters. The molecule has 0 aliphatic carbocycles. The van der Waals surface area contributed by atoms with E-state index in [-0.39, 0.29) is 21.9 Å². The molecule has 3 aromatic carbocycles. The second-order valence-electron chi connectivity index (χ2n) is 6.09. The van der Waals surface area contributed by atoms with Gasteiger partial charge in [-0.1, -0.05) is 60.1 Å². The lowest BCUT2D eigenvalue weighted by Crippen LogP contribution is -2.15. The number of hydrogen-bond acceptors (Lipinski definition) is 4. The molecule has 0 amide bonds. The number of nitrogens with one attached hydrogen (secondary N) is 1. The van der Waals surface area contributed by atoms with Gasteiger partial charge in [0, 0.05) is 31.6 Å². The van der Waals surface area contributed by atoms with Gasteiger partial charge in [0.25, 0.3) is 10.0 Å². The second-order valence-corrected chi connectivity index (χ2v) is 9.09. The lowest BCUT2D eigenvalue weighted by atomic mass is 10.0. The van der Waals surface area contributed by atoms with E-state index in [1.165, 1.54) is 23.5 Å². The first-order chi connectivity index (χ1) is 13.5. The zero-order valence-corrected chi connectivity index (χ0v) is 16.8. The van der Waals surface area contributed by atoms with Gasteiger partial charge in [-0.3, -0.25) is 9.52 Å². The minimum absolute atomic E-state index is 0.182. The Morgan fingerprint density at radius 3 is 2.43 bits per heavy atom. The lowest BCUT2D eigenvalue weighted by Gasteiger charge is -2.12. The number of hydrogen-bond donors (Lipinski definition) is 1. The summed E-state index contributed by atoms with van der Waals surface area (Å²) in [6.07, 6.45) is 0. The summed E-state index contributed by atoms with van der Waals surface area (Å²) in [5, 5.41) is 2.59. The topological polar surface area (TPSA) is 63.2 Å². The van der Waals surface area contributed by atoms with Crippen LogP contribution >= 0.6 is 22.9 Å². The van der Waals surface area contributed by atoms with E-state index in [0.29, 0.717) is 16.0 Å². The zero-order valence-electron chi connectivity index (χ0n) is 14.4. The van der Waals surface area contributed by atoms with Crippen LogP contribution in [-0.4, -0.2) is 14.2 Å². The van der Waals surface area contributed by atoms with Crippen molar-refractivity contribution in [2.24, 2.45) is 0 Å². The van der Waals surface area contributed by atoms with Crippen LogP contribution in [-0.2, 0) is 10.0 Å². The fourth-order valence-corrected chi connectivity index (χ4v) is 5.66. The number of fused-ring (bicyclic) bond motifs is 1. The molecule has 0 fully saturated rings. The van der Waals surface area contributed by atoms with Gasteiger partial charge < -0.3 is 0 Å². The summed E-state index contributed by atoms with van der Waals surface area (Å²) >= 11 is 7.42. The molecule has 1 N–H and O–H groups in total. The number of benzene rings is 3. The lowest BCUT2D eigenvalue weighted by molar-refractivity contribution is 0.103. The fourth-order valence-electron chi connectivity index (χ4n) is 2.90. The predicted molar refractivity (Wildman–Crippen MR) is 114 cm³/mol. The van der Waals surface area contributed by atoms with Crippen molar-refractivity contribution < 1.29 is 13.2 Å². The molecule has 1 aromatic heterocycles. The smallest absolute Gasteiger partial charge is 0.263 e. The molecule has 0 aliphatic heterocycles. The van der Waals surface area contributed by atoms with Crippen LogP contribution < -0.4 is 4.72 Å². The summed E-state index contributed by atoms with van der Waals surface area (Å²) in [4.78, 5) is 13.1. The Bertz CT molecular complexity index is 1280. The molecule has 0 atom stereocenters. The standard InChI is InChI=1S/C21H14ClNO3S2/c22-15-10-11-18(17(12-15)21(24)14-6-2-1-3-7-14)23-28(25,26)20-13-27-19-9-5-4-8-16(19)20/h1-13,23H. The summed E-state index contributed by atoms with van der Waals surface area (Å²) in [6, 6.07) is 20.5. The van der Waals surface area contributed by atoms with E-state index in [1.807, 2.05) is 12.1 Å². The number of ketones is 1. The number of sulfonamides is 1. The highest BCUT2D eigenvalue weighted by atomic mass is 35.5. The SMILES string of the molecule is O=C(c1ccccc1)c1cc(Cl)ccc1NS(=O)(=O)c1csc2ccccc12. The molecule has 0 saturated heterocycles. The Morgan fingerprint density at radius 1 is 0.929 bits per heavy atom. The van der Waals surface area contributed by atoms with Crippen molar-refractivity contribution in [3.63, 3.8) is 0 Å². The van der Waals surface area contributed by atoms with Crippen molar-refractivity contribution >= 4 is 54.5 Å². The summed E-state index contributed by atoms with van der Waals surface area (Å²) in [6.45, 7) is 0. The molecule has 28 heavy (non-hydrogen) atoms. The molecule has 0 spiro atoms. The maximum Gasteiger partial charge on any atom is 0.263 e. The molecule has 1 heterocycles. The van der Waals surface area contributed by atoms with Gasteiger partial charge in [-0.15, -0.1) is 11.3 Å². The fraction of sp³-hybridized carbons (Fsp3) is 0. The Hall–Kier alpha value is -2.67. The molecule has 0 bridgehead atoms. The van der Waals surface area contributed by atoms with E-state index in [4.69, 9.17) is 11.6 Å². The quantitative estimate of drug-likeness (QED) is 0.422. The Balaban J connectivity index is 1.77. The second kappa shape index (κ2) is 7.39. The first-order valence-corrected chi connectivity index (χ1v) is 11.1. The van der Waals surface area contributed by atoms with Crippen LogP contribution in [0.25, 0.3) is 10.1 Å². The highest BCUT2D eigenvalue weighted by molar-refractivity contribution is 7.93. The van der Waals surface area contributed by atoms with Crippen LogP contribution in [0.3, 0.4) is 0 Å². The van der Waals surface area contributed by atoms with Crippen LogP contribution in [0.1, 0.15) is 15.9 Å². The van der Waals surface area contributed by atoms with Gasteiger partial charge in [0.05, 0.1) is 5.69 Å². The highest BCUT2D eigenvalue weighted by Crippen LogP contribution is 2.32. The third-order valence-electron chi connectivity index (χ3n) is 4.24. The number of rotatable bonds is 5. The van der Waals surface area contributed by atoms with Crippen molar-refractivity contribution in [1.82, 2.24) is 0 Å². The van der Waals surface area contributed by atoms with Crippen LogP contribution in [0.2, 0.25) is 5.02 Å². The molecular formula is C21H14ClNO3S2. The van der Waals surface area contributed by atoms with Crippen molar-refractivity contribution in [2.75, 3.05) is 4.72 Å². The monoisotopic (exact) mass is 427 g/mol. The van der Waals surface area contributed by atoms with Crippen molar-refractivity contribution in [3.05, 3.63) is 94.3 Å². The Morgan fingerprint density at radius 2 is 1.64 bits per heavy atom. The van der Waals surface area contributed by atoms with Crippen molar-refractivity contribution in [2.45, 2.75) is 4.90 Å². The van der Waals surface area contributed by atoms with Gasteiger partial charge in [0.15, 0.2) is 5.78 Å². The van der Waals surface area contributed by atoms with E-state index < -0.39 is 10.0 Å². The summed E-state index contributed by atoms with van der Waals surface area (Å²) in [7, 11) is -3.88. The van der Waals surface area contributed by atoms with Gasteiger partial charge in [0.1, 0.15) is 4.90 Å². The first kappa shape index (κ1) is 18.7.